The molecule has 9 heteroatoms. The lowest BCUT2D eigenvalue weighted by Gasteiger charge is -2.32. The highest BCUT2D eigenvalue weighted by Gasteiger charge is 2.34. The third-order valence-electron chi connectivity index (χ3n) is 7.40. The van der Waals surface area contributed by atoms with E-state index in [2.05, 4.69) is 12.0 Å². The van der Waals surface area contributed by atoms with Gasteiger partial charge in [-0.05, 0) is 82.7 Å². The van der Waals surface area contributed by atoms with Crippen molar-refractivity contribution in [1.82, 2.24) is 19.4 Å². The molecule has 0 unspecified atom stereocenters. The Morgan fingerprint density at radius 1 is 1.08 bits per heavy atom. The molecule has 0 saturated heterocycles. The third kappa shape index (κ3) is 5.43. The Hall–Kier alpha value is -3.65. The van der Waals surface area contributed by atoms with Crippen LogP contribution in [0.15, 0.2) is 54.7 Å². The fourth-order valence-electron chi connectivity index (χ4n) is 5.24. The molecule has 0 aliphatic heterocycles. The SMILES string of the molecule is CCOC(=O)c1cn(-c2ccc(-c3cc4cccc(Cl)n4n3)cc2)nc1N(C(=O)C1CCC(C)CC1)C(C)C. The van der Waals surface area contributed by atoms with Crippen LogP contribution in [0.1, 0.15) is 63.7 Å². The van der Waals surface area contributed by atoms with E-state index < -0.39 is 5.97 Å². The summed E-state index contributed by atoms with van der Waals surface area (Å²) >= 11 is 6.28. The number of ether oxygens (including phenoxy) is 1. The molecule has 0 radical (unpaired) electrons. The quantitative estimate of drug-likeness (QED) is 0.193. The van der Waals surface area contributed by atoms with E-state index in [1.54, 1.807) is 33.3 Å². The molecule has 0 atom stereocenters. The Morgan fingerprint density at radius 2 is 1.79 bits per heavy atom. The molecule has 0 bridgehead atoms. The molecule has 1 aliphatic rings. The van der Waals surface area contributed by atoms with Crippen molar-refractivity contribution < 1.29 is 14.3 Å². The predicted octanol–water partition coefficient (Wildman–Crippen LogP) is 6.58. The molecule has 204 valence electrons. The van der Waals surface area contributed by atoms with Crippen molar-refractivity contribution >= 4 is 34.8 Å². The second-order valence-electron chi connectivity index (χ2n) is 10.6. The summed E-state index contributed by atoms with van der Waals surface area (Å²) in [6, 6.07) is 15.2. The molecule has 1 aliphatic carbocycles. The number of carbonyl (C=O) groups excluding carboxylic acids is 2. The highest BCUT2D eigenvalue weighted by atomic mass is 35.5. The van der Waals surface area contributed by atoms with Gasteiger partial charge in [0.1, 0.15) is 10.7 Å². The second-order valence-corrected chi connectivity index (χ2v) is 10.9. The van der Waals surface area contributed by atoms with E-state index in [-0.39, 0.29) is 30.0 Å². The highest BCUT2D eigenvalue weighted by Crippen LogP contribution is 2.33. The fraction of sp³-hybridized carbons (Fsp3) is 0.400. The van der Waals surface area contributed by atoms with Gasteiger partial charge in [-0.25, -0.2) is 14.0 Å². The second kappa shape index (κ2) is 11.2. The Morgan fingerprint density at radius 3 is 2.44 bits per heavy atom. The van der Waals surface area contributed by atoms with Gasteiger partial charge < -0.3 is 4.74 Å². The standard InChI is InChI=1S/C30H34ClN5O3/c1-5-39-30(38)25-18-34(33-28(25)35(19(2)3)29(37)22-11-9-20(4)10-12-22)23-15-13-21(14-16-23)26-17-24-7-6-8-27(31)36(24)32-26/h6-8,13-20,22H,5,9-12H2,1-4H3. The molecule has 0 spiro atoms. The van der Waals surface area contributed by atoms with Gasteiger partial charge in [0, 0.05) is 23.7 Å². The van der Waals surface area contributed by atoms with Gasteiger partial charge in [-0.15, -0.1) is 5.10 Å². The lowest BCUT2D eigenvalue weighted by atomic mass is 9.82. The number of benzene rings is 1. The van der Waals surface area contributed by atoms with Crippen LogP contribution in [0.3, 0.4) is 0 Å². The van der Waals surface area contributed by atoms with Crippen molar-refractivity contribution in [2.24, 2.45) is 11.8 Å². The third-order valence-corrected chi connectivity index (χ3v) is 7.69. The maximum atomic E-state index is 13.7. The highest BCUT2D eigenvalue weighted by molar-refractivity contribution is 6.29. The van der Waals surface area contributed by atoms with Crippen molar-refractivity contribution in [3.05, 3.63) is 65.4 Å². The molecule has 1 aromatic carbocycles. The molecule has 1 amide bonds. The van der Waals surface area contributed by atoms with Crippen LogP contribution in [0.4, 0.5) is 5.82 Å². The molecule has 3 heterocycles. The van der Waals surface area contributed by atoms with E-state index in [0.29, 0.717) is 16.9 Å². The molecule has 3 aromatic heterocycles. The van der Waals surface area contributed by atoms with Crippen LogP contribution >= 0.6 is 11.6 Å². The average molecular weight is 548 g/mol. The normalized spacial score (nSPS) is 17.5. The number of hydrogen-bond donors (Lipinski definition) is 0. The van der Waals surface area contributed by atoms with Crippen molar-refractivity contribution in [3.63, 3.8) is 0 Å². The molecule has 1 fully saturated rings. The lowest BCUT2D eigenvalue weighted by Crippen LogP contribution is -2.43. The molecule has 39 heavy (non-hydrogen) atoms. The summed E-state index contributed by atoms with van der Waals surface area (Å²) in [5.41, 5.74) is 3.65. The molecular weight excluding hydrogens is 514 g/mol. The topological polar surface area (TPSA) is 81.7 Å². The van der Waals surface area contributed by atoms with Gasteiger partial charge in [0.15, 0.2) is 5.82 Å². The minimum Gasteiger partial charge on any atom is -0.462 e. The van der Waals surface area contributed by atoms with Gasteiger partial charge in [0.2, 0.25) is 5.91 Å². The first-order chi connectivity index (χ1) is 18.8. The Kier molecular flexibility index (Phi) is 7.75. The van der Waals surface area contributed by atoms with Crippen LogP contribution in [0.25, 0.3) is 22.5 Å². The number of halogens is 1. The number of carbonyl (C=O) groups is 2. The summed E-state index contributed by atoms with van der Waals surface area (Å²) in [6.07, 6.45) is 5.43. The fourth-order valence-corrected chi connectivity index (χ4v) is 5.45. The van der Waals surface area contributed by atoms with E-state index in [9.17, 15) is 9.59 Å². The van der Waals surface area contributed by atoms with Crippen molar-refractivity contribution in [3.8, 4) is 16.9 Å². The number of pyridine rings is 1. The minimum atomic E-state index is -0.493. The zero-order valence-corrected chi connectivity index (χ0v) is 23.6. The van der Waals surface area contributed by atoms with Crippen molar-refractivity contribution in [2.75, 3.05) is 11.5 Å². The Balaban J connectivity index is 1.49. The van der Waals surface area contributed by atoms with E-state index in [0.717, 1.165) is 48.1 Å². The van der Waals surface area contributed by atoms with E-state index in [4.69, 9.17) is 21.4 Å². The number of esters is 1. The van der Waals surface area contributed by atoms with Gasteiger partial charge in [-0.2, -0.15) is 5.10 Å². The van der Waals surface area contributed by atoms with Crippen molar-refractivity contribution in [2.45, 2.75) is 59.4 Å². The van der Waals surface area contributed by atoms with Gasteiger partial charge in [-0.3, -0.25) is 9.69 Å². The predicted molar refractivity (Wildman–Crippen MR) is 152 cm³/mol. The van der Waals surface area contributed by atoms with E-state index in [1.165, 1.54) is 0 Å². The maximum Gasteiger partial charge on any atom is 0.343 e. The smallest absolute Gasteiger partial charge is 0.343 e. The first kappa shape index (κ1) is 26.9. The lowest BCUT2D eigenvalue weighted by molar-refractivity contribution is -0.124. The number of anilines is 1. The first-order valence-corrected chi connectivity index (χ1v) is 14.0. The van der Waals surface area contributed by atoms with Crippen LogP contribution in [0.5, 0.6) is 0 Å². The zero-order chi connectivity index (χ0) is 27.7. The zero-order valence-electron chi connectivity index (χ0n) is 22.8. The van der Waals surface area contributed by atoms with E-state index in [1.807, 2.05) is 56.3 Å². The van der Waals surface area contributed by atoms with Crippen LogP contribution in [-0.4, -0.2) is 43.9 Å². The molecular formula is C30H34ClN5O3. The summed E-state index contributed by atoms with van der Waals surface area (Å²) in [5, 5.41) is 9.92. The number of amides is 1. The van der Waals surface area contributed by atoms with Gasteiger partial charge >= 0.3 is 5.97 Å². The largest absolute Gasteiger partial charge is 0.462 e. The van der Waals surface area contributed by atoms with Gasteiger partial charge in [-0.1, -0.05) is 36.7 Å². The van der Waals surface area contributed by atoms with E-state index >= 15 is 0 Å². The van der Waals surface area contributed by atoms with Crippen LogP contribution < -0.4 is 4.90 Å². The molecule has 4 aromatic rings. The Bertz CT molecular complexity index is 1480. The summed E-state index contributed by atoms with van der Waals surface area (Å²) < 4.78 is 8.68. The van der Waals surface area contributed by atoms with Crippen LogP contribution in [0.2, 0.25) is 5.15 Å². The maximum absolute atomic E-state index is 13.7. The van der Waals surface area contributed by atoms with Crippen LogP contribution in [0, 0.1) is 11.8 Å². The van der Waals surface area contributed by atoms with Gasteiger partial charge in [0.05, 0.1) is 23.5 Å². The summed E-state index contributed by atoms with van der Waals surface area (Å²) in [7, 11) is 0. The first-order valence-electron chi connectivity index (χ1n) is 13.6. The Labute approximate surface area is 233 Å². The number of nitrogens with zero attached hydrogens (tertiary/aromatic N) is 5. The monoisotopic (exact) mass is 547 g/mol. The van der Waals surface area contributed by atoms with Crippen molar-refractivity contribution in [1.29, 1.82) is 0 Å². The van der Waals surface area contributed by atoms with Crippen LogP contribution in [-0.2, 0) is 9.53 Å². The molecule has 0 N–H and O–H groups in total. The average Bonchev–Trinajstić information content (AvgIpc) is 3.55. The summed E-state index contributed by atoms with van der Waals surface area (Å²) in [5.74, 6) is 0.436. The summed E-state index contributed by atoms with van der Waals surface area (Å²) in [4.78, 5) is 28.4. The number of hydrogen-bond acceptors (Lipinski definition) is 5. The number of rotatable bonds is 7. The molecule has 8 nitrogen and oxygen atoms in total. The minimum absolute atomic E-state index is 0.0218. The van der Waals surface area contributed by atoms with Gasteiger partial charge in [0.25, 0.3) is 0 Å². The molecule has 1 saturated carbocycles. The number of aromatic nitrogens is 4. The summed E-state index contributed by atoms with van der Waals surface area (Å²) in [6.45, 7) is 8.14. The molecule has 5 rings (SSSR count). The number of fused-ring (bicyclic) bond motifs is 1.